The van der Waals surface area contributed by atoms with Gasteiger partial charge in [0.15, 0.2) is 0 Å². The first kappa shape index (κ1) is 18.8. The van der Waals surface area contributed by atoms with Crippen LogP contribution in [0.25, 0.3) is 0 Å². The van der Waals surface area contributed by atoms with E-state index in [4.69, 9.17) is 4.74 Å². The molecule has 1 aromatic carbocycles. The Morgan fingerprint density at radius 2 is 2.20 bits per heavy atom. The number of benzene rings is 1. The van der Waals surface area contributed by atoms with Gasteiger partial charge in [0.1, 0.15) is 6.10 Å². The van der Waals surface area contributed by atoms with Crippen molar-refractivity contribution in [1.82, 2.24) is 0 Å². The largest absolute Gasteiger partial charge is 1.00 e. The van der Waals surface area contributed by atoms with Crippen LogP contribution in [0.3, 0.4) is 0 Å². The second-order valence-corrected chi connectivity index (χ2v) is 7.24. The Bertz CT molecular complexity index is 739. The first-order valence-electron chi connectivity index (χ1n) is 9.06. The van der Waals surface area contributed by atoms with E-state index < -0.39 is 0 Å². The number of ether oxygens (including phenoxy) is 1. The summed E-state index contributed by atoms with van der Waals surface area (Å²) in [5, 5.41) is 0. The number of hydrogen-bond donors (Lipinski definition) is 0. The van der Waals surface area contributed by atoms with Gasteiger partial charge in [0.2, 0.25) is 0 Å². The van der Waals surface area contributed by atoms with Gasteiger partial charge in [-0.15, -0.1) is 11.6 Å². The fourth-order valence-electron chi connectivity index (χ4n) is 4.53. The molecule has 0 bridgehead atoms. The number of rotatable bonds is 4. The molecule has 0 aliphatic carbocycles. The molecule has 1 aromatic rings. The zero-order valence-electron chi connectivity index (χ0n) is 15.5. The van der Waals surface area contributed by atoms with Gasteiger partial charge in [-0.2, -0.15) is 18.2 Å². The molecule has 0 N–H and O–H groups in total. The number of anilines is 1. The second kappa shape index (κ2) is 7.30. The molecule has 3 heterocycles. The predicted molar refractivity (Wildman–Crippen MR) is 94.8 cm³/mol. The van der Waals surface area contributed by atoms with E-state index >= 15 is 0 Å². The van der Waals surface area contributed by atoms with E-state index in [1.807, 2.05) is 12.1 Å². The summed E-state index contributed by atoms with van der Waals surface area (Å²) in [6.07, 6.45) is 9.14. The molecule has 0 saturated carbocycles. The second-order valence-electron chi connectivity index (χ2n) is 7.24. The molecule has 126 valence electrons. The predicted octanol–water partition coefficient (Wildman–Crippen LogP) is 1.29. The number of unbranched alkanes of at least 4 members (excludes halogenated alkanes) is 2. The van der Waals surface area contributed by atoms with Crippen molar-refractivity contribution in [3.63, 3.8) is 0 Å². The monoisotopic (exact) mass is 345 g/mol. The molecule has 3 nitrogen and oxygen atoms in total. The standard InChI is InChI=1S/C21H24NO2.Na/c1-3-4-7-13-21(2)16-8-5-6-9-17(16)22-14-12-18-15(20(21)22)10-11-19(23)24-18;/h6,8-11,18H,3-4,7,12-14H2,1-2H3;/q-1;+1. The maximum atomic E-state index is 11.7. The minimum absolute atomic E-state index is 0. The Morgan fingerprint density at radius 3 is 3.00 bits per heavy atom. The van der Waals surface area contributed by atoms with Gasteiger partial charge in [0.05, 0.1) is 0 Å². The van der Waals surface area contributed by atoms with Crippen molar-refractivity contribution in [3.05, 3.63) is 53.3 Å². The molecule has 0 saturated heterocycles. The third-order valence-electron chi connectivity index (χ3n) is 5.69. The third-order valence-corrected chi connectivity index (χ3v) is 5.69. The summed E-state index contributed by atoms with van der Waals surface area (Å²) in [7, 11) is 0. The Labute approximate surface area is 172 Å². The summed E-state index contributed by atoms with van der Waals surface area (Å²) in [6, 6.07) is 9.61. The molecule has 0 spiro atoms. The van der Waals surface area contributed by atoms with Gasteiger partial charge < -0.3 is 9.64 Å². The fourth-order valence-corrected chi connectivity index (χ4v) is 4.53. The van der Waals surface area contributed by atoms with Crippen LogP contribution < -0.4 is 34.5 Å². The third kappa shape index (κ3) is 3.01. The van der Waals surface area contributed by atoms with Crippen LogP contribution in [-0.4, -0.2) is 18.6 Å². The van der Waals surface area contributed by atoms with Crippen LogP contribution in [-0.2, 0) is 14.9 Å². The molecule has 0 radical (unpaired) electrons. The minimum Gasteiger partial charge on any atom is -0.454 e. The molecular formula is C21H24NNaO2. The van der Waals surface area contributed by atoms with E-state index in [9.17, 15) is 4.79 Å². The van der Waals surface area contributed by atoms with E-state index in [-0.39, 0.29) is 47.0 Å². The van der Waals surface area contributed by atoms with Gasteiger partial charge in [0, 0.05) is 30.3 Å². The SMILES string of the molecule is CCCCCC1(C)C2=C3C=CC(=O)OC3CCN2c2cc[c-]cc21.[Na+]. The van der Waals surface area contributed by atoms with E-state index in [2.05, 4.69) is 36.9 Å². The van der Waals surface area contributed by atoms with Crippen LogP contribution in [0.1, 0.15) is 51.5 Å². The average Bonchev–Trinajstić information content (AvgIpc) is 2.85. The zero-order valence-corrected chi connectivity index (χ0v) is 17.5. The molecule has 4 rings (SSSR count). The molecule has 3 aliphatic heterocycles. The number of hydrogen-bond acceptors (Lipinski definition) is 3. The summed E-state index contributed by atoms with van der Waals surface area (Å²) in [4.78, 5) is 14.1. The van der Waals surface area contributed by atoms with E-state index in [0.29, 0.717) is 0 Å². The molecule has 0 aromatic heterocycles. The Morgan fingerprint density at radius 1 is 1.36 bits per heavy atom. The number of carbonyl (C=O) groups excluding carboxylic acids is 1. The van der Waals surface area contributed by atoms with E-state index in [1.54, 1.807) is 6.08 Å². The van der Waals surface area contributed by atoms with Crippen molar-refractivity contribution in [2.24, 2.45) is 0 Å². The zero-order chi connectivity index (χ0) is 16.7. The van der Waals surface area contributed by atoms with Gasteiger partial charge in [0.25, 0.3) is 0 Å². The summed E-state index contributed by atoms with van der Waals surface area (Å²) < 4.78 is 5.60. The van der Waals surface area contributed by atoms with Gasteiger partial charge >= 0.3 is 35.5 Å². The van der Waals surface area contributed by atoms with Gasteiger partial charge in [-0.1, -0.05) is 38.8 Å². The molecule has 4 heteroatoms. The van der Waals surface area contributed by atoms with Crippen LogP contribution >= 0.6 is 0 Å². The maximum Gasteiger partial charge on any atom is 1.00 e. The van der Waals surface area contributed by atoms with Crippen LogP contribution in [0.2, 0.25) is 0 Å². The Kier molecular flexibility index (Phi) is 5.48. The number of allylic oxidation sites excluding steroid dienone is 1. The topological polar surface area (TPSA) is 29.5 Å². The average molecular weight is 345 g/mol. The normalized spacial score (nSPS) is 26.6. The first-order chi connectivity index (χ1) is 11.6. The smallest absolute Gasteiger partial charge is 0.454 e. The molecular weight excluding hydrogens is 321 g/mol. The van der Waals surface area contributed by atoms with Crippen LogP contribution in [0, 0.1) is 6.07 Å². The molecule has 3 aliphatic rings. The number of esters is 1. The molecule has 0 amide bonds. The number of nitrogens with zero attached hydrogens (tertiary/aromatic N) is 1. The van der Waals surface area contributed by atoms with Crippen molar-refractivity contribution in [2.45, 2.75) is 57.5 Å². The van der Waals surface area contributed by atoms with Crippen LogP contribution in [0.15, 0.2) is 41.6 Å². The maximum absolute atomic E-state index is 11.7. The summed E-state index contributed by atoms with van der Waals surface area (Å²) in [5.74, 6) is -0.214. The summed E-state index contributed by atoms with van der Waals surface area (Å²) in [6.45, 7) is 5.50. The minimum atomic E-state index is -0.214. The van der Waals surface area contributed by atoms with Crippen LogP contribution in [0.5, 0.6) is 0 Å². The van der Waals surface area contributed by atoms with Crippen molar-refractivity contribution in [1.29, 1.82) is 0 Å². The summed E-state index contributed by atoms with van der Waals surface area (Å²) >= 11 is 0. The Hall–Kier alpha value is -1.03. The number of carbonyl (C=O) groups is 1. The molecule has 0 fully saturated rings. The Balaban J connectivity index is 0.00000182. The van der Waals surface area contributed by atoms with Gasteiger partial charge in [-0.05, 0) is 17.9 Å². The number of fused-ring (bicyclic) bond motifs is 4. The quantitative estimate of drug-likeness (QED) is 0.356. The van der Waals surface area contributed by atoms with Crippen molar-refractivity contribution in [2.75, 3.05) is 11.4 Å². The van der Waals surface area contributed by atoms with Crippen LogP contribution in [0.4, 0.5) is 5.69 Å². The van der Waals surface area contributed by atoms with Gasteiger partial charge in [-0.25, -0.2) is 4.79 Å². The molecule has 2 atom stereocenters. The summed E-state index contributed by atoms with van der Waals surface area (Å²) in [5.41, 5.74) is 5.18. The fraction of sp³-hybridized carbons (Fsp3) is 0.476. The van der Waals surface area contributed by atoms with Crippen molar-refractivity contribution in [3.8, 4) is 0 Å². The molecule has 25 heavy (non-hydrogen) atoms. The van der Waals surface area contributed by atoms with Crippen molar-refractivity contribution < 1.29 is 39.1 Å². The van der Waals surface area contributed by atoms with E-state index in [1.165, 1.54) is 41.8 Å². The van der Waals surface area contributed by atoms with Gasteiger partial charge in [-0.3, -0.25) is 0 Å². The molecule has 2 unspecified atom stereocenters. The first-order valence-corrected chi connectivity index (χ1v) is 9.06. The van der Waals surface area contributed by atoms with E-state index in [0.717, 1.165) is 19.4 Å². The van der Waals surface area contributed by atoms with Crippen molar-refractivity contribution >= 4 is 11.7 Å².